The van der Waals surface area contributed by atoms with Crippen molar-refractivity contribution in [1.82, 2.24) is 20.2 Å². The molecule has 0 spiro atoms. The lowest BCUT2D eigenvalue weighted by Gasteiger charge is -2.10. The van der Waals surface area contributed by atoms with Crippen LogP contribution in [0.4, 0.5) is 4.39 Å². The third-order valence-electron chi connectivity index (χ3n) is 2.65. The number of benzene rings is 1. The molecule has 1 unspecified atom stereocenters. The Bertz CT molecular complexity index is 526. The molecule has 2 rings (SSSR count). The zero-order valence-corrected chi connectivity index (χ0v) is 9.63. The van der Waals surface area contributed by atoms with E-state index in [9.17, 15) is 9.50 Å². The Labute approximate surface area is 97.9 Å². The first-order valence-corrected chi connectivity index (χ1v) is 5.23. The van der Waals surface area contributed by atoms with Crippen molar-refractivity contribution in [2.45, 2.75) is 19.4 Å². The summed E-state index contributed by atoms with van der Waals surface area (Å²) in [5.41, 5.74) is 1.17. The first-order valence-electron chi connectivity index (χ1n) is 5.23. The van der Waals surface area contributed by atoms with Gasteiger partial charge < -0.3 is 5.11 Å². The van der Waals surface area contributed by atoms with Crippen LogP contribution in [0.5, 0.6) is 0 Å². The quantitative estimate of drug-likeness (QED) is 0.861. The minimum atomic E-state index is -0.737. The third kappa shape index (κ3) is 2.47. The van der Waals surface area contributed by atoms with Crippen LogP contribution in [-0.2, 0) is 13.5 Å². The van der Waals surface area contributed by atoms with Crippen LogP contribution in [0.2, 0.25) is 0 Å². The second-order valence-corrected chi connectivity index (χ2v) is 3.95. The van der Waals surface area contributed by atoms with Crippen LogP contribution in [-0.4, -0.2) is 25.3 Å². The maximum absolute atomic E-state index is 13.1. The molecule has 0 aliphatic heterocycles. The summed E-state index contributed by atoms with van der Waals surface area (Å²) in [6, 6.07) is 4.55. The van der Waals surface area contributed by atoms with Gasteiger partial charge in [-0.15, -0.1) is 5.10 Å². The highest BCUT2D eigenvalue weighted by molar-refractivity contribution is 5.26. The summed E-state index contributed by atoms with van der Waals surface area (Å²) in [6.45, 7) is 1.66. The Hall–Kier alpha value is -1.82. The van der Waals surface area contributed by atoms with Gasteiger partial charge in [0.15, 0.2) is 5.82 Å². The van der Waals surface area contributed by atoms with E-state index in [1.165, 1.54) is 10.7 Å². The Kier molecular flexibility index (Phi) is 3.14. The topological polar surface area (TPSA) is 63.8 Å². The number of aliphatic hydroxyl groups is 1. The molecule has 1 aromatic heterocycles. The Balaban J connectivity index is 2.17. The van der Waals surface area contributed by atoms with E-state index in [1.807, 2.05) is 0 Å². The average Bonchev–Trinajstić information content (AvgIpc) is 2.68. The van der Waals surface area contributed by atoms with Crippen molar-refractivity contribution < 1.29 is 9.50 Å². The molecule has 1 aromatic carbocycles. The molecule has 0 amide bonds. The van der Waals surface area contributed by atoms with Gasteiger partial charge in [-0.1, -0.05) is 12.1 Å². The van der Waals surface area contributed by atoms with Crippen LogP contribution in [0, 0.1) is 12.7 Å². The lowest BCUT2D eigenvalue weighted by atomic mass is 10.0. The number of hydrogen-bond donors (Lipinski definition) is 1. The molecular formula is C11H13FN4O. The van der Waals surface area contributed by atoms with E-state index in [2.05, 4.69) is 15.5 Å². The fourth-order valence-corrected chi connectivity index (χ4v) is 1.59. The zero-order valence-electron chi connectivity index (χ0n) is 9.63. The lowest BCUT2D eigenvalue weighted by Crippen LogP contribution is -2.08. The molecule has 0 saturated heterocycles. The van der Waals surface area contributed by atoms with Crippen LogP contribution in [0.3, 0.4) is 0 Å². The summed E-state index contributed by atoms with van der Waals surface area (Å²) in [5, 5.41) is 21.0. The van der Waals surface area contributed by atoms with Crippen molar-refractivity contribution in [2.75, 3.05) is 0 Å². The van der Waals surface area contributed by atoms with Crippen molar-refractivity contribution in [2.24, 2.45) is 7.05 Å². The van der Waals surface area contributed by atoms with Gasteiger partial charge in [0, 0.05) is 13.5 Å². The van der Waals surface area contributed by atoms with E-state index in [-0.39, 0.29) is 5.82 Å². The van der Waals surface area contributed by atoms with Gasteiger partial charge in [0.2, 0.25) is 0 Å². The summed E-state index contributed by atoms with van der Waals surface area (Å²) < 4.78 is 14.6. The highest BCUT2D eigenvalue weighted by atomic mass is 19.1. The average molecular weight is 236 g/mol. The van der Waals surface area contributed by atoms with Crippen molar-refractivity contribution in [3.8, 4) is 0 Å². The number of tetrazole rings is 1. The number of hydrogen-bond acceptors (Lipinski definition) is 4. The van der Waals surface area contributed by atoms with Gasteiger partial charge in [-0.2, -0.15) is 0 Å². The van der Waals surface area contributed by atoms with Gasteiger partial charge in [-0.05, 0) is 34.5 Å². The van der Waals surface area contributed by atoms with Crippen LogP contribution in [0.25, 0.3) is 0 Å². The molecule has 0 aliphatic carbocycles. The summed E-state index contributed by atoms with van der Waals surface area (Å²) >= 11 is 0. The van der Waals surface area contributed by atoms with Crippen molar-refractivity contribution in [3.63, 3.8) is 0 Å². The molecule has 0 saturated carbocycles. The Morgan fingerprint density at radius 3 is 2.82 bits per heavy atom. The highest BCUT2D eigenvalue weighted by Crippen LogP contribution is 2.19. The SMILES string of the molecule is Cc1cc(C(O)Cc2nnnn2C)ccc1F. The zero-order chi connectivity index (χ0) is 12.4. The molecule has 90 valence electrons. The summed E-state index contributed by atoms with van der Waals surface area (Å²) in [5.74, 6) is 0.306. The van der Waals surface area contributed by atoms with Gasteiger partial charge in [-0.3, -0.25) is 0 Å². The molecule has 0 bridgehead atoms. The normalized spacial score (nSPS) is 12.7. The van der Waals surface area contributed by atoms with Gasteiger partial charge in [0.25, 0.3) is 0 Å². The van der Waals surface area contributed by atoms with Crippen LogP contribution < -0.4 is 0 Å². The van der Waals surface area contributed by atoms with E-state index >= 15 is 0 Å². The van der Waals surface area contributed by atoms with E-state index in [0.717, 1.165) is 0 Å². The molecule has 0 aliphatic rings. The Morgan fingerprint density at radius 2 is 2.24 bits per heavy atom. The van der Waals surface area contributed by atoms with Gasteiger partial charge >= 0.3 is 0 Å². The molecular weight excluding hydrogens is 223 g/mol. The van der Waals surface area contributed by atoms with E-state index in [0.29, 0.717) is 23.4 Å². The standard InChI is InChI=1S/C11H13FN4O/c1-7-5-8(3-4-9(7)12)10(17)6-11-13-14-15-16(11)2/h3-5,10,17H,6H2,1-2H3. The predicted octanol–water partition coefficient (Wildman–Crippen LogP) is 0.934. The van der Waals surface area contributed by atoms with E-state index in [4.69, 9.17) is 0 Å². The lowest BCUT2D eigenvalue weighted by molar-refractivity contribution is 0.174. The van der Waals surface area contributed by atoms with Gasteiger partial charge in [0.05, 0.1) is 6.10 Å². The van der Waals surface area contributed by atoms with Gasteiger partial charge in [-0.25, -0.2) is 9.07 Å². The largest absolute Gasteiger partial charge is 0.388 e. The van der Waals surface area contributed by atoms with Gasteiger partial charge in [0.1, 0.15) is 5.82 Å². The number of aliphatic hydroxyl groups excluding tert-OH is 1. The van der Waals surface area contributed by atoms with Crippen LogP contribution in [0.1, 0.15) is 23.1 Å². The molecule has 1 heterocycles. The molecule has 6 heteroatoms. The molecule has 2 aromatic rings. The number of rotatable bonds is 3. The first-order chi connectivity index (χ1) is 8.08. The highest BCUT2D eigenvalue weighted by Gasteiger charge is 2.13. The summed E-state index contributed by atoms with van der Waals surface area (Å²) in [7, 11) is 1.71. The maximum Gasteiger partial charge on any atom is 0.153 e. The van der Waals surface area contributed by atoms with E-state index < -0.39 is 6.10 Å². The molecule has 17 heavy (non-hydrogen) atoms. The fraction of sp³-hybridized carbons (Fsp3) is 0.364. The third-order valence-corrected chi connectivity index (χ3v) is 2.65. The van der Waals surface area contributed by atoms with Crippen molar-refractivity contribution in [1.29, 1.82) is 0 Å². The molecule has 0 radical (unpaired) electrons. The Morgan fingerprint density at radius 1 is 1.47 bits per heavy atom. The monoisotopic (exact) mass is 236 g/mol. The second-order valence-electron chi connectivity index (χ2n) is 3.95. The summed E-state index contributed by atoms with van der Waals surface area (Å²) in [4.78, 5) is 0. The number of aromatic nitrogens is 4. The molecule has 1 N–H and O–H groups in total. The molecule has 1 atom stereocenters. The predicted molar refractivity (Wildman–Crippen MR) is 58.6 cm³/mol. The second kappa shape index (κ2) is 4.58. The van der Waals surface area contributed by atoms with Crippen molar-refractivity contribution >= 4 is 0 Å². The number of aryl methyl sites for hydroxylation is 2. The molecule has 5 nitrogen and oxygen atoms in total. The number of halogens is 1. The summed E-state index contributed by atoms with van der Waals surface area (Å²) in [6.07, 6.45) is -0.437. The number of nitrogens with zero attached hydrogens (tertiary/aromatic N) is 4. The maximum atomic E-state index is 13.1. The molecule has 0 fully saturated rings. The van der Waals surface area contributed by atoms with Crippen LogP contribution in [0.15, 0.2) is 18.2 Å². The van der Waals surface area contributed by atoms with Crippen molar-refractivity contribution in [3.05, 3.63) is 41.0 Å². The first kappa shape index (κ1) is 11.7. The van der Waals surface area contributed by atoms with E-state index in [1.54, 1.807) is 26.1 Å². The van der Waals surface area contributed by atoms with Crippen LogP contribution >= 0.6 is 0 Å². The minimum Gasteiger partial charge on any atom is -0.388 e. The minimum absolute atomic E-state index is 0.277. The smallest absolute Gasteiger partial charge is 0.153 e. The fourth-order valence-electron chi connectivity index (χ4n) is 1.59.